The molecule has 1 aliphatic heterocycles. The second-order valence-electron chi connectivity index (χ2n) is 13.8. The van der Waals surface area contributed by atoms with Crippen molar-refractivity contribution in [3.05, 3.63) is 64.7 Å². The van der Waals surface area contributed by atoms with E-state index in [4.69, 9.17) is 24.5 Å². The number of fused-ring (bicyclic) bond motifs is 1. The van der Waals surface area contributed by atoms with Gasteiger partial charge in [0, 0.05) is 32.4 Å². The van der Waals surface area contributed by atoms with E-state index >= 15 is 8.78 Å². The first kappa shape index (κ1) is 35.3. The van der Waals surface area contributed by atoms with Gasteiger partial charge in [0.15, 0.2) is 5.17 Å². The number of halogens is 2. The highest BCUT2D eigenvalue weighted by Crippen LogP contribution is 2.67. The Morgan fingerprint density at radius 1 is 1.24 bits per heavy atom. The van der Waals surface area contributed by atoms with Crippen molar-refractivity contribution in [2.75, 3.05) is 20.4 Å². The Kier molecular flexibility index (Phi) is 10.2. The third-order valence-corrected chi connectivity index (χ3v) is 10.9. The summed E-state index contributed by atoms with van der Waals surface area (Å²) in [6, 6.07) is 9.76. The Morgan fingerprint density at radius 2 is 1.96 bits per heavy atom. The molecule has 2 aromatic rings. The standard InChI is InChI=1S/C33H40F2N4O5SSi/c1-31(2,3)44-30(41)39(20-43-13-14-46(6,7)8)29-38-32(4,27-17-33(27,45-29)28(40)42-5)23-15-21(9-11-24(23)34)16-25(35)26-12-10-22(18-36)19-37-26/h9-12,15-16,19,27H,13-14,17,20H2,1-8H3/b25-16-/t27-,32+,33-/m0/s1. The van der Waals surface area contributed by atoms with Crippen LogP contribution in [0.4, 0.5) is 13.6 Å². The number of esters is 1. The number of amidine groups is 1. The van der Waals surface area contributed by atoms with Crippen molar-refractivity contribution in [2.24, 2.45) is 10.9 Å². The van der Waals surface area contributed by atoms with Gasteiger partial charge >= 0.3 is 12.1 Å². The number of nitriles is 1. The quantitative estimate of drug-likeness (QED) is 0.118. The molecule has 2 aliphatic rings. The van der Waals surface area contributed by atoms with E-state index in [1.54, 1.807) is 27.7 Å². The number of rotatable bonds is 9. The average Bonchev–Trinajstić information content (AvgIpc) is 3.73. The molecule has 1 aromatic heterocycles. The van der Waals surface area contributed by atoms with E-state index in [-0.39, 0.29) is 28.7 Å². The van der Waals surface area contributed by atoms with Crippen LogP contribution in [-0.2, 0) is 24.5 Å². The normalized spacial score (nSPS) is 22.7. The molecule has 246 valence electrons. The number of carbonyl (C=O) groups excluding carboxylic acids is 2. The minimum atomic E-state index is -1.43. The molecule has 0 spiro atoms. The number of methoxy groups -OCH3 is 1. The van der Waals surface area contributed by atoms with Gasteiger partial charge in [-0.2, -0.15) is 5.26 Å². The summed E-state index contributed by atoms with van der Waals surface area (Å²) in [5.41, 5.74) is -1.42. The lowest BCUT2D eigenvalue weighted by molar-refractivity contribution is -0.141. The zero-order valence-corrected chi connectivity index (χ0v) is 29.3. The van der Waals surface area contributed by atoms with E-state index < -0.39 is 53.6 Å². The average molecular weight is 671 g/mol. The van der Waals surface area contributed by atoms with Crippen molar-refractivity contribution >= 4 is 49.0 Å². The predicted molar refractivity (Wildman–Crippen MR) is 177 cm³/mol. The Hall–Kier alpha value is -3.60. The molecule has 13 heteroatoms. The lowest BCUT2D eigenvalue weighted by Crippen LogP contribution is -2.47. The fourth-order valence-electron chi connectivity index (χ4n) is 5.15. The van der Waals surface area contributed by atoms with Gasteiger partial charge in [0.1, 0.15) is 34.8 Å². The number of hydrogen-bond donors (Lipinski definition) is 0. The van der Waals surface area contributed by atoms with Crippen LogP contribution >= 0.6 is 11.8 Å². The number of aromatic nitrogens is 1. The van der Waals surface area contributed by atoms with E-state index in [1.807, 2.05) is 6.07 Å². The third-order valence-electron chi connectivity index (χ3n) is 7.75. The SMILES string of the molecule is COC(=O)[C@]12C[C@H]1[C@@](C)(c1cc(/C=C(\F)c3ccc(C#N)cn3)ccc1F)N=C(N(COCC[Si](C)(C)C)C(=O)OC(C)(C)C)S2. The molecule has 2 heterocycles. The van der Waals surface area contributed by atoms with Gasteiger partial charge < -0.3 is 14.2 Å². The molecule has 1 aliphatic carbocycles. The van der Waals surface area contributed by atoms with Gasteiger partial charge in [0.25, 0.3) is 0 Å². The van der Waals surface area contributed by atoms with Crippen molar-refractivity contribution in [3.63, 3.8) is 0 Å². The summed E-state index contributed by atoms with van der Waals surface area (Å²) >= 11 is 1.09. The summed E-state index contributed by atoms with van der Waals surface area (Å²) in [4.78, 5) is 37.0. The van der Waals surface area contributed by atoms with Crippen LogP contribution in [0.15, 0.2) is 41.5 Å². The second-order valence-corrected chi connectivity index (χ2v) is 20.7. The molecular formula is C33H40F2N4O5SSi. The Labute approximate surface area is 274 Å². The summed E-state index contributed by atoms with van der Waals surface area (Å²) in [6.45, 7) is 13.8. The summed E-state index contributed by atoms with van der Waals surface area (Å²) in [5.74, 6) is -2.28. The summed E-state index contributed by atoms with van der Waals surface area (Å²) in [6.07, 6.45) is 2.07. The van der Waals surface area contributed by atoms with Crippen LogP contribution in [0.2, 0.25) is 25.7 Å². The second kappa shape index (κ2) is 13.3. The molecule has 0 N–H and O–H groups in total. The van der Waals surface area contributed by atoms with Crippen molar-refractivity contribution < 1.29 is 32.6 Å². The number of nitrogens with zero attached hydrogens (tertiary/aromatic N) is 4. The molecule has 1 saturated carbocycles. The fourth-order valence-corrected chi connectivity index (χ4v) is 7.50. The van der Waals surface area contributed by atoms with E-state index in [0.29, 0.717) is 18.6 Å². The fraction of sp³-hybridized carbons (Fsp3) is 0.485. The third kappa shape index (κ3) is 7.85. The Morgan fingerprint density at radius 3 is 2.54 bits per heavy atom. The first-order chi connectivity index (χ1) is 21.4. The molecular weight excluding hydrogens is 631 g/mol. The summed E-state index contributed by atoms with van der Waals surface area (Å²) in [5, 5.41) is 9.14. The van der Waals surface area contributed by atoms with Crippen LogP contribution < -0.4 is 0 Å². The molecule has 3 atom stereocenters. The number of thioether (sulfide) groups is 1. The summed E-state index contributed by atoms with van der Waals surface area (Å²) < 4.78 is 46.6. The molecule has 0 radical (unpaired) electrons. The van der Waals surface area contributed by atoms with E-state index in [1.165, 1.54) is 54.6 Å². The number of amides is 1. The molecule has 4 rings (SSSR count). The Bertz CT molecular complexity index is 1600. The highest BCUT2D eigenvalue weighted by atomic mass is 32.2. The predicted octanol–water partition coefficient (Wildman–Crippen LogP) is 7.36. The van der Waals surface area contributed by atoms with E-state index in [2.05, 4.69) is 24.6 Å². The van der Waals surface area contributed by atoms with Crippen LogP contribution in [0.3, 0.4) is 0 Å². The molecule has 0 saturated heterocycles. The maximum absolute atomic E-state index is 15.7. The topological polar surface area (TPSA) is 114 Å². The number of benzene rings is 1. The first-order valence-electron chi connectivity index (χ1n) is 14.9. The number of hydrogen-bond acceptors (Lipinski definition) is 9. The zero-order valence-electron chi connectivity index (χ0n) is 27.4. The number of aliphatic imine (C=N–C) groups is 1. The van der Waals surface area contributed by atoms with Crippen molar-refractivity contribution in [1.82, 2.24) is 9.88 Å². The van der Waals surface area contributed by atoms with Crippen LogP contribution in [0.25, 0.3) is 11.9 Å². The highest BCUT2D eigenvalue weighted by Gasteiger charge is 2.72. The molecule has 46 heavy (non-hydrogen) atoms. The molecule has 1 fully saturated rings. The van der Waals surface area contributed by atoms with Gasteiger partial charge in [-0.25, -0.2) is 18.5 Å². The molecule has 0 bridgehead atoms. The maximum Gasteiger partial charge on any atom is 0.418 e. The van der Waals surface area contributed by atoms with Gasteiger partial charge in [0.2, 0.25) is 0 Å². The van der Waals surface area contributed by atoms with Gasteiger partial charge in [-0.1, -0.05) is 37.5 Å². The molecule has 0 unspecified atom stereocenters. The van der Waals surface area contributed by atoms with Gasteiger partial charge in [-0.15, -0.1) is 0 Å². The number of ether oxygens (including phenoxy) is 3. The Balaban J connectivity index is 1.77. The van der Waals surface area contributed by atoms with Gasteiger partial charge in [-0.3, -0.25) is 14.8 Å². The van der Waals surface area contributed by atoms with Crippen molar-refractivity contribution in [2.45, 2.75) is 75.7 Å². The smallest absolute Gasteiger partial charge is 0.418 e. The molecule has 1 aromatic carbocycles. The lowest BCUT2D eigenvalue weighted by Gasteiger charge is -2.37. The van der Waals surface area contributed by atoms with Crippen molar-refractivity contribution in [3.8, 4) is 6.07 Å². The number of carbonyl (C=O) groups is 2. The highest BCUT2D eigenvalue weighted by molar-refractivity contribution is 8.15. The molecule has 9 nitrogen and oxygen atoms in total. The minimum Gasteiger partial charge on any atom is -0.468 e. The number of pyridine rings is 1. The van der Waals surface area contributed by atoms with Crippen LogP contribution in [-0.4, -0.2) is 66.0 Å². The largest absolute Gasteiger partial charge is 0.468 e. The van der Waals surface area contributed by atoms with Gasteiger partial charge in [-0.05, 0) is 76.1 Å². The lowest BCUT2D eigenvalue weighted by atomic mass is 9.84. The van der Waals surface area contributed by atoms with E-state index in [0.717, 1.165) is 17.8 Å². The van der Waals surface area contributed by atoms with Gasteiger partial charge in [0.05, 0.1) is 23.9 Å². The molecule has 1 amide bonds. The first-order valence-corrected chi connectivity index (χ1v) is 19.4. The van der Waals surface area contributed by atoms with Crippen LogP contribution in [0.5, 0.6) is 0 Å². The zero-order chi connectivity index (χ0) is 34.1. The van der Waals surface area contributed by atoms with Crippen LogP contribution in [0, 0.1) is 23.1 Å². The van der Waals surface area contributed by atoms with E-state index in [9.17, 15) is 9.59 Å². The monoisotopic (exact) mass is 670 g/mol. The summed E-state index contributed by atoms with van der Waals surface area (Å²) in [7, 11) is -0.149. The van der Waals surface area contributed by atoms with Crippen LogP contribution in [0.1, 0.15) is 56.5 Å². The van der Waals surface area contributed by atoms with Crippen molar-refractivity contribution in [1.29, 1.82) is 5.26 Å². The minimum absolute atomic E-state index is 0.0134. The maximum atomic E-state index is 15.7.